The molecule has 2 aromatic rings. The van der Waals surface area contributed by atoms with Crippen LogP contribution in [0.5, 0.6) is 0 Å². The fraction of sp³-hybridized carbons (Fsp3) is 0.0667. The number of nitriles is 1. The first-order chi connectivity index (χ1) is 10.0. The van der Waals surface area contributed by atoms with Gasteiger partial charge in [-0.05, 0) is 42.8 Å². The van der Waals surface area contributed by atoms with Crippen LogP contribution in [0.15, 0.2) is 35.9 Å². The Morgan fingerprint density at radius 1 is 1.33 bits per heavy atom. The zero-order valence-electron chi connectivity index (χ0n) is 11.0. The molecule has 0 atom stereocenters. The van der Waals surface area contributed by atoms with Crippen LogP contribution in [0.4, 0.5) is 5.69 Å². The Hall–Kier alpha value is -1.80. The minimum Gasteiger partial charge on any atom is -0.321 e. The van der Waals surface area contributed by atoms with Gasteiger partial charge in [-0.25, -0.2) is 0 Å². The molecular formula is C15H10Cl2N2OS. The molecule has 1 aromatic carbocycles. The first-order valence-electron chi connectivity index (χ1n) is 5.95. The largest absolute Gasteiger partial charge is 0.321 e. The van der Waals surface area contributed by atoms with Crippen LogP contribution in [0, 0.1) is 18.3 Å². The summed E-state index contributed by atoms with van der Waals surface area (Å²) in [4.78, 5) is 12.9. The molecule has 0 bridgehead atoms. The van der Waals surface area contributed by atoms with Gasteiger partial charge >= 0.3 is 0 Å². The topological polar surface area (TPSA) is 52.9 Å². The Bertz CT molecular complexity index is 759. The molecule has 1 heterocycles. The molecule has 2 rings (SSSR count). The van der Waals surface area contributed by atoms with Gasteiger partial charge in [-0.1, -0.05) is 29.3 Å². The molecule has 0 spiro atoms. The van der Waals surface area contributed by atoms with Crippen molar-refractivity contribution in [2.24, 2.45) is 0 Å². The van der Waals surface area contributed by atoms with E-state index >= 15 is 0 Å². The smallest absolute Gasteiger partial charge is 0.266 e. The third-order valence-corrected chi connectivity index (χ3v) is 4.35. The minimum absolute atomic E-state index is 0.00731. The average molecular weight is 337 g/mol. The summed E-state index contributed by atoms with van der Waals surface area (Å²) in [6.45, 7) is 1.80. The number of anilines is 1. The van der Waals surface area contributed by atoms with Crippen molar-refractivity contribution in [3.05, 3.63) is 55.7 Å². The molecule has 0 saturated heterocycles. The maximum Gasteiger partial charge on any atom is 0.266 e. The maximum atomic E-state index is 12.1. The number of hydrogen-bond donors (Lipinski definition) is 1. The number of hydrogen-bond acceptors (Lipinski definition) is 3. The minimum atomic E-state index is -0.479. The molecule has 0 saturated carbocycles. The zero-order valence-corrected chi connectivity index (χ0v) is 13.3. The van der Waals surface area contributed by atoms with Gasteiger partial charge in [-0.15, -0.1) is 11.3 Å². The molecule has 0 aliphatic rings. The molecule has 21 heavy (non-hydrogen) atoms. The van der Waals surface area contributed by atoms with Crippen molar-refractivity contribution in [2.45, 2.75) is 6.92 Å². The number of halogens is 2. The Morgan fingerprint density at radius 2 is 2.10 bits per heavy atom. The van der Waals surface area contributed by atoms with Crippen molar-refractivity contribution >= 4 is 52.2 Å². The molecule has 0 aliphatic carbocycles. The highest BCUT2D eigenvalue weighted by Crippen LogP contribution is 2.25. The highest BCUT2D eigenvalue weighted by atomic mass is 35.5. The number of carbonyl (C=O) groups is 1. The third kappa shape index (κ3) is 3.85. The molecule has 6 heteroatoms. The van der Waals surface area contributed by atoms with Crippen LogP contribution in [0.25, 0.3) is 6.08 Å². The fourth-order valence-electron chi connectivity index (χ4n) is 1.63. The van der Waals surface area contributed by atoms with Gasteiger partial charge in [-0.3, -0.25) is 4.79 Å². The first-order valence-corrected chi connectivity index (χ1v) is 7.52. The summed E-state index contributed by atoms with van der Waals surface area (Å²) in [7, 11) is 0. The summed E-state index contributed by atoms with van der Waals surface area (Å²) in [5, 5.41) is 12.4. The number of thiophene rings is 1. The predicted molar refractivity (Wildman–Crippen MR) is 87.7 cm³/mol. The second kappa shape index (κ2) is 6.77. The van der Waals surface area contributed by atoms with Crippen molar-refractivity contribution in [2.75, 3.05) is 5.32 Å². The van der Waals surface area contributed by atoms with Gasteiger partial charge in [0.15, 0.2) is 0 Å². The normalized spacial score (nSPS) is 11.0. The average Bonchev–Trinajstić information content (AvgIpc) is 2.86. The van der Waals surface area contributed by atoms with Gasteiger partial charge in [0.05, 0.1) is 4.34 Å². The molecule has 106 valence electrons. The van der Waals surface area contributed by atoms with E-state index in [0.29, 0.717) is 15.0 Å². The molecule has 1 aromatic heterocycles. The lowest BCUT2D eigenvalue weighted by Crippen LogP contribution is -2.14. The van der Waals surface area contributed by atoms with Crippen LogP contribution in [-0.2, 0) is 4.79 Å². The van der Waals surface area contributed by atoms with E-state index in [0.717, 1.165) is 10.4 Å². The van der Waals surface area contributed by atoms with Crippen LogP contribution < -0.4 is 5.32 Å². The molecule has 1 N–H and O–H groups in total. The third-order valence-electron chi connectivity index (χ3n) is 2.76. The molecule has 0 aliphatic heterocycles. The van der Waals surface area contributed by atoms with Gasteiger partial charge in [0, 0.05) is 15.6 Å². The van der Waals surface area contributed by atoms with Crippen LogP contribution in [-0.4, -0.2) is 5.91 Å². The highest BCUT2D eigenvalue weighted by molar-refractivity contribution is 7.17. The predicted octanol–water partition coefficient (Wildman–Crippen LogP) is 4.91. The Morgan fingerprint density at radius 3 is 2.71 bits per heavy atom. The SMILES string of the molecule is Cc1c(Cl)cccc1NC(=O)/C(C#N)=C\c1ccc(Cl)s1. The molecular weight excluding hydrogens is 327 g/mol. The Balaban J connectivity index is 2.24. The summed E-state index contributed by atoms with van der Waals surface area (Å²) in [6.07, 6.45) is 1.51. The van der Waals surface area contributed by atoms with Crippen LogP contribution in [0.3, 0.4) is 0 Å². The molecule has 0 fully saturated rings. The van der Waals surface area contributed by atoms with E-state index in [1.54, 1.807) is 37.3 Å². The number of benzene rings is 1. The lowest BCUT2D eigenvalue weighted by molar-refractivity contribution is -0.112. The van der Waals surface area contributed by atoms with E-state index in [4.69, 9.17) is 28.5 Å². The van der Waals surface area contributed by atoms with Crippen LogP contribution in [0.1, 0.15) is 10.4 Å². The monoisotopic (exact) mass is 336 g/mol. The Kier molecular flexibility index (Phi) is 5.03. The van der Waals surface area contributed by atoms with Gasteiger partial charge < -0.3 is 5.32 Å². The number of carbonyl (C=O) groups excluding carboxylic acids is 1. The van der Waals surface area contributed by atoms with E-state index in [2.05, 4.69) is 5.32 Å². The van der Waals surface area contributed by atoms with E-state index in [9.17, 15) is 4.79 Å². The van der Waals surface area contributed by atoms with E-state index < -0.39 is 5.91 Å². The zero-order chi connectivity index (χ0) is 15.4. The van der Waals surface area contributed by atoms with Gasteiger partial charge in [0.25, 0.3) is 5.91 Å². The number of amides is 1. The molecule has 1 amide bonds. The molecule has 0 unspecified atom stereocenters. The standard InChI is InChI=1S/C15H10Cl2N2OS/c1-9-12(16)3-2-4-13(9)19-15(20)10(8-18)7-11-5-6-14(17)21-11/h2-7H,1H3,(H,19,20)/b10-7-. The van der Waals surface area contributed by atoms with Crippen molar-refractivity contribution < 1.29 is 4.79 Å². The van der Waals surface area contributed by atoms with Gasteiger partial charge in [0.2, 0.25) is 0 Å². The highest BCUT2D eigenvalue weighted by Gasteiger charge is 2.12. The fourth-order valence-corrected chi connectivity index (χ4v) is 2.81. The number of rotatable bonds is 3. The van der Waals surface area contributed by atoms with Crippen molar-refractivity contribution in [3.63, 3.8) is 0 Å². The van der Waals surface area contributed by atoms with Crippen molar-refractivity contribution in [1.82, 2.24) is 0 Å². The summed E-state index contributed by atoms with van der Waals surface area (Å²) in [6, 6.07) is 10.6. The van der Waals surface area contributed by atoms with Gasteiger partial charge in [-0.2, -0.15) is 5.26 Å². The second-order valence-corrected chi connectivity index (χ2v) is 6.33. The maximum absolute atomic E-state index is 12.1. The summed E-state index contributed by atoms with van der Waals surface area (Å²) >= 11 is 13.1. The Labute approximate surface area is 136 Å². The summed E-state index contributed by atoms with van der Waals surface area (Å²) in [5.74, 6) is -0.479. The summed E-state index contributed by atoms with van der Waals surface area (Å²) in [5.41, 5.74) is 1.34. The van der Waals surface area contributed by atoms with Crippen LogP contribution in [0.2, 0.25) is 9.36 Å². The molecule has 0 radical (unpaired) electrons. The van der Waals surface area contributed by atoms with Crippen molar-refractivity contribution in [1.29, 1.82) is 5.26 Å². The number of nitrogens with one attached hydrogen (secondary N) is 1. The summed E-state index contributed by atoms with van der Waals surface area (Å²) < 4.78 is 0.602. The van der Waals surface area contributed by atoms with E-state index in [-0.39, 0.29) is 5.57 Å². The van der Waals surface area contributed by atoms with Crippen LogP contribution >= 0.6 is 34.5 Å². The molecule has 3 nitrogen and oxygen atoms in total. The lowest BCUT2D eigenvalue weighted by atomic mass is 10.1. The number of nitrogens with zero attached hydrogens (tertiary/aromatic N) is 1. The first kappa shape index (κ1) is 15.6. The quantitative estimate of drug-likeness (QED) is 0.639. The van der Waals surface area contributed by atoms with E-state index in [1.807, 2.05) is 6.07 Å². The second-order valence-electron chi connectivity index (χ2n) is 4.18. The van der Waals surface area contributed by atoms with Crippen molar-refractivity contribution in [3.8, 4) is 6.07 Å². The van der Waals surface area contributed by atoms with E-state index in [1.165, 1.54) is 17.4 Å². The lowest BCUT2D eigenvalue weighted by Gasteiger charge is -2.08. The van der Waals surface area contributed by atoms with Gasteiger partial charge in [0.1, 0.15) is 11.6 Å².